The minimum atomic E-state index is -0.115. The van der Waals surface area contributed by atoms with E-state index in [4.69, 9.17) is 4.74 Å². The number of hydrogen-bond acceptors (Lipinski definition) is 4. The van der Waals surface area contributed by atoms with Crippen LogP contribution in [0.15, 0.2) is 35.4 Å². The average molecular weight is 276 g/mol. The summed E-state index contributed by atoms with van der Waals surface area (Å²) in [5.74, 6) is 0.804. The van der Waals surface area contributed by atoms with Crippen molar-refractivity contribution in [3.63, 3.8) is 0 Å². The maximum atomic E-state index is 11.9. The van der Waals surface area contributed by atoms with Crippen molar-refractivity contribution in [3.05, 3.63) is 46.6 Å². The highest BCUT2D eigenvalue weighted by molar-refractivity contribution is 5.30. The average Bonchev–Trinajstić information content (AvgIpc) is 2.79. The predicted molar refractivity (Wildman–Crippen MR) is 76.9 cm³/mol. The maximum Gasteiger partial charge on any atom is 0.345 e. The van der Waals surface area contributed by atoms with Gasteiger partial charge in [-0.1, -0.05) is 19.1 Å². The zero-order chi connectivity index (χ0) is 14.5. The molecule has 0 radical (unpaired) electrons. The molecule has 1 aromatic heterocycles. The highest BCUT2D eigenvalue weighted by Gasteiger charge is 2.14. The number of nitrogens with one attached hydrogen (secondary N) is 1. The summed E-state index contributed by atoms with van der Waals surface area (Å²) in [6.45, 7) is 3.33. The van der Waals surface area contributed by atoms with Crippen LogP contribution in [0.1, 0.15) is 18.5 Å². The molecule has 0 saturated heterocycles. The SMILES string of the molecule is CCNC(Cn1ncn(C)c1=O)c1cccc(OC)c1. The first-order valence-corrected chi connectivity index (χ1v) is 6.61. The van der Waals surface area contributed by atoms with Gasteiger partial charge in [0.15, 0.2) is 0 Å². The number of benzene rings is 1. The molecule has 0 aliphatic heterocycles. The van der Waals surface area contributed by atoms with E-state index in [1.54, 1.807) is 14.2 Å². The fraction of sp³-hybridized carbons (Fsp3) is 0.429. The van der Waals surface area contributed by atoms with Gasteiger partial charge in [0, 0.05) is 7.05 Å². The fourth-order valence-electron chi connectivity index (χ4n) is 2.11. The zero-order valence-electron chi connectivity index (χ0n) is 12.0. The Morgan fingerprint density at radius 2 is 2.25 bits per heavy atom. The molecule has 0 aliphatic rings. The van der Waals surface area contributed by atoms with Gasteiger partial charge in [0.25, 0.3) is 0 Å². The molecule has 1 unspecified atom stereocenters. The van der Waals surface area contributed by atoms with Crippen LogP contribution in [0.25, 0.3) is 0 Å². The normalized spacial score (nSPS) is 12.3. The quantitative estimate of drug-likeness (QED) is 0.853. The number of likely N-dealkylation sites (N-methyl/N-ethyl adjacent to an activating group) is 1. The van der Waals surface area contributed by atoms with Gasteiger partial charge in [0.1, 0.15) is 12.1 Å². The van der Waals surface area contributed by atoms with Crippen LogP contribution < -0.4 is 15.7 Å². The van der Waals surface area contributed by atoms with Crippen molar-refractivity contribution in [1.29, 1.82) is 0 Å². The van der Waals surface area contributed by atoms with Gasteiger partial charge in [-0.05, 0) is 24.2 Å². The third kappa shape index (κ3) is 3.08. The smallest absolute Gasteiger partial charge is 0.345 e. The molecule has 0 bridgehead atoms. The molecule has 2 aromatic rings. The lowest BCUT2D eigenvalue weighted by atomic mass is 10.1. The topological polar surface area (TPSA) is 61.1 Å². The first kappa shape index (κ1) is 14.3. The van der Waals surface area contributed by atoms with Gasteiger partial charge in [0.2, 0.25) is 0 Å². The Kier molecular flexibility index (Phi) is 4.57. The molecule has 0 fully saturated rings. The van der Waals surface area contributed by atoms with Crippen LogP contribution in [-0.2, 0) is 13.6 Å². The summed E-state index contributed by atoms with van der Waals surface area (Å²) in [5.41, 5.74) is 0.958. The molecule has 108 valence electrons. The number of aryl methyl sites for hydroxylation is 1. The van der Waals surface area contributed by atoms with Gasteiger partial charge in [-0.3, -0.25) is 4.57 Å². The summed E-state index contributed by atoms with van der Waals surface area (Å²) >= 11 is 0. The van der Waals surface area contributed by atoms with Crippen LogP contribution in [-0.4, -0.2) is 28.0 Å². The molecule has 0 aliphatic carbocycles. The Bertz CT molecular complexity index is 618. The van der Waals surface area contributed by atoms with E-state index >= 15 is 0 Å². The van der Waals surface area contributed by atoms with Crippen molar-refractivity contribution in [3.8, 4) is 5.75 Å². The molecule has 2 rings (SSSR count). The summed E-state index contributed by atoms with van der Waals surface area (Å²) in [7, 11) is 3.34. The molecular weight excluding hydrogens is 256 g/mol. The largest absolute Gasteiger partial charge is 0.497 e. The van der Waals surface area contributed by atoms with Crippen molar-refractivity contribution in [2.45, 2.75) is 19.5 Å². The summed E-state index contributed by atoms with van der Waals surface area (Å²) in [5, 5.41) is 7.47. The molecule has 1 aromatic carbocycles. The van der Waals surface area contributed by atoms with Crippen molar-refractivity contribution in [1.82, 2.24) is 19.7 Å². The third-order valence-corrected chi connectivity index (χ3v) is 3.19. The lowest BCUT2D eigenvalue weighted by molar-refractivity contribution is 0.408. The highest BCUT2D eigenvalue weighted by Crippen LogP contribution is 2.20. The number of aromatic nitrogens is 3. The van der Waals surface area contributed by atoms with Crippen molar-refractivity contribution in [2.24, 2.45) is 7.05 Å². The molecule has 1 atom stereocenters. The summed E-state index contributed by atoms with van der Waals surface area (Å²) < 4.78 is 8.18. The Morgan fingerprint density at radius 1 is 1.45 bits per heavy atom. The van der Waals surface area contributed by atoms with Gasteiger partial charge in [-0.2, -0.15) is 5.10 Å². The van der Waals surface area contributed by atoms with E-state index < -0.39 is 0 Å². The first-order chi connectivity index (χ1) is 9.65. The van der Waals surface area contributed by atoms with Crippen LogP contribution in [0.5, 0.6) is 5.75 Å². The van der Waals surface area contributed by atoms with Crippen molar-refractivity contribution < 1.29 is 4.74 Å². The van der Waals surface area contributed by atoms with E-state index in [1.165, 1.54) is 15.6 Å². The summed E-state index contributed by atoms with van der Waals surface area (Å²) in [4.78, 5) is 11.9. The van der Waals surface area contributed by atoms with Gasteiger partial charge in [-0.25, -0.2) is 9.48 Å². The van der Waals surface area contributed by atoms with Crippen LogP contribution in [0.4, 0.5) is 0 Å². The van der Waals surface area contributed by atoms with E-state index in [0.29, 0.717) is 6.54 Å². The second-order valence-electron chi connectivity index (χ2n) is 4.59. The number of rotatable bonds is 6. The molecule has 1 N–H and O–H groups in total. The molecule has 20 heavy (non-hydrogen) atoms. The van der Waals surface area contributed by atoms with Crippen molar-refractivity contribution in [2.75, 3.05) is 13.7 Å². The standard InChI is InChI=1S/C14H20N4O2/c1-4-15-13(9-18-14(19)17(2)10-16-18)11-6-5-7-12(8-11)20-3/h5-8,10,13,15H,4,9H2,1-3H3. The second-order valence-corrected chi connectivity index (χ2v) is 4.59. The monoisotopic (exact) mass is 276 g/mol. The lowest BCUT2D eigenvalue weighted by Gasteiger charge is -2.18. The molecular formula is C14H20N4O2. The third-order valence-electron chi connectivity index (χ3n) is 3.19. The van der Waals surface area contributed by atoms with Crippen molar-refractivity contribution >= 4 is 0 Å². The molecule has 6 heteroatoms. The van der Waals surface area contributed by atoms with Crippen LogP contribution in [0, 0.1) is 0 Å². The van der Waals surface area contributed by atoms with Gasteiger partial charge < -0.3 is 10.1 Å². The van der Waals surface area contributed by atoms with Crippen LogP contribution in [0.2, 0.25) is 0 Å². The lowest BCUT2D eigenvalue weighted by Crippen LogP contribution is -2.31. The predicted octanol–water partition coefficient (Wildman–Crippen LogP) is 0.941. The van der Waals surface area contributed by atoms with E-state index in [0.717, 1.165) is 17.9 Å². The van der Waals surface area contributed by atoms with E-state index in [9.17, 15) is 4.79 Å². The maximum absolute atomic E-state index is 11.9. The Labute approximate surface area is 118 Å². The molecule has 0 spiro atoms. The van der Waals surface area contributed by atoms with E-state index in [-0.39, 0.29) is 11.7 Å². The summed E-state index contributed by atoms with van der Waals surface area (Å²) in [6, 6.07) is 7.85. The summed E-state index contributed by atoms with van der Waals surface area (Å²) in [6.07, 6.45) is 1.52. The Hall–Kier alpha value is -2.08. The highest BCUT2D eigenvalue weighted by atomic mass is 16.5. The van der Waals surface area contributed by atoms with Gasteiger partial charge in [-0.15, -0.1) is 0 Å². The van der Waals surface area contributed by atoms with E-state index in [1.807, 2.05) is 31.2 Å². The Balaban J connectivity index is 2.26. The molecule has 6 nitrogen and oxygen atoms in total. The second kappa shape index (κ2) is 6.38. The minimum Gasteiger partial charge on any atom is -0.497 e. The number of nitrogens with zero attached hydrogens (tertiary/aromatic N) is 3. The molecule has 1 heterocycles. The minimum absolute atomic E-state index is 0.0164. The van der Waals surface area contributed by atoms with Crippen LogP contribution >= 0.6 is 0 Å². The molecule has 0 saturated carbocycles. The fourth-order valence-corrected chi connectivity index (χ4v) is 2.11. The number of hydrogen-bond donors (Lipinski definition) is 1. The zero-order valence-corrected chi connectivity index (χ0v) is 12.0. The van der Waals surface area contributed by atoms with Gasteiger partial charge in [0.05, 0.1) is 19.7 Å². The van der Waals surface area contributed by atoms with E-state index in [2.05, 4.69) is 10.4 Å². The molecule has 0 amide bonds. The van der Waals surface area contributed by atoms with Crippen LogP contribution in [0.3, 0.4) is 0 Å². The number of methoxy groups -OCH3 is 1. The first-order valence-electron chi connectivity index (χ1n) is 6.61. The Morgan fingerprint density at radius 3 is 2.85 bits per heavy atom. The van der Waals surface area contributed by atoms with Gasteiger partial charge >= 0.3 is 5.69 Å². The number of ether oxygens (including phenoxy) is 1.